The maximum atomic E-state index is 13.8. The van der Waals surface area contributed by atoms with Gasteiger partial charge in [-0.25, -0.2) is 4.39 Å². The number of para-hydroxylation sites is 1. The number of halogens is 1. The Bertz CT molecular complexity index is 1020. The maximum Gasteiger partial charge on any atom is 0.151 e. The van der Waals surface area contributed by atoms with E-state index in [0.29, 0.717) is 11.4 Å². The highest BCUT2D eigenvalue weighted by Gasteiger charge is 2.21. The molecule has 1 aliphatic rings. The predicted octanol–water partition coefficient (Wildman–Crippen LogP) is 3.80. The first kappa shape index (κ1) is 18.8. The van der Waals surface area contributed by atoms with Crippen molar-refractivity contribution in [2.75, 3.05) is 23.3 Å². The van der Waals surface area contributed by atoms with E-state index in [2.05, 4.69) is 32.3 Å². The number of rotatable bonds is 3. The van der Waals surface area contributed by atoms with Crippen LogP contribution in [0.2, 0.25) is 0 Å². The number of nitrogens with zero attached hydrogens (tertiary/aromatic N) is 3. The summed E-state index contributed by atoms with van der Waals surface area (Å²) in [7, 11) is 0. The molecule has 2 aromatic carbocycles. The fourth-order valence-electron chi connectivity index (χ4n) is 3.29. The van der Waals surface area contributed by atoms with Crippen LogP contribution in [0.15, 0.2) is 60.7 Å². The summed E-state index contributed by atoms with van der Waals surface area (Å²) in [5.41, 5.74) is 1.96. The molecule has 0 spiro atoms. The molecule has 0 aliphatic carbocycles. The molecule has 29 heavy (non-hydrogen) atoms. The van der Waals surface area contributed by atoms with Crippen LogP contribution in [0.25, 0.3) is 0 Å². The Labute approximate surface area is 169 Å². The van der Waals surface area contributed by atoms with Gasteiger partial charge in [0, 0.05) is 24.7 Å². The fraction of sp³-hybridized carbons (Fsp3) is 0.217. The molecule has 0 bridgehead atoms. The summed E-state index contributed by atoms with van der Waals surface area (Å²) >= 11 is 0. The van der Waals surface area contributed by atoms with Crippen molar-refractivity contribution in [1.29, 1.82) is 0 Å². The van der Waals surface area contributed by atoms with Crippen LogP contribution in [0.3, 0.4) is 0 Å². The topological polar surface area (TPSA) is 61.3 Å². The van der Waals surface area contributed by atoms with E-state index >= 15 is 0 Å². The lowest BCUT2D eigenvalue weighted by Gasteiger charge is -2.33. The molecule has 2 N–H and O–H groups in total. The zero-order valence-corrected chi connectivity index (χ0v) is 15.8. The lowest BCUT2D eigenvalue weighted by molar-refractivity contribution is 0.475. The molecular formula is C23H21FN4O. The zero-order valence-electron chi connectivity index (χ0n) is 15.8. The average molecular weight is 388 g/mol. The van der Waals surface area contributed by atoms with E-state index in [4.69, 9.17) is 0 Å². The van der Waals surface area contributed by atoms with Gasteiger partial charge < -0.3 is 15.3 Å². The number of piperidine rings is 1. The van der Waals surface area contributed by atoms with Gasteiger partial charge in [-0.2, -0.15) is 0 Å². The monoisotopic (exact) mass is 388 g/mol. The number of anilines is 2. The molecule has 1 aliphatic heterocycles. The Morgan fingerprint density at radius 2 is 1.69 bits per heavy atom. The van der Waals surface area contributed by atoms with Crippen molar-refractivity contribution in [2.45, 2.75) is 18.9 Å². The van der Waals surface area contributed by atoms with Crippen molar-refractivity contribution in [1.82, 2.24) is 10.2 Å². The van der Waals surface area contributed by atoms with Gasteiger partial charge in [-0.3, -0.25) is 0 Å². The van der Waals surface area contributed by atoms with Gasteiger partial charge in [0.25, 0.3) is 0 Å². The normalized spacial score (nSPS) is 14.2. The quantitative estimate of drug-likeness (QED) is 0.669. The third-order valence-electron chi connectivity index (χ3n) is 4.91. The highest BCUT2D eigenvalue weighted by molar-refractivity contribution is 5.47. The summed E-state index contributed by atoms with van der Waals surface area (Å²) in [6.07, 6.45) is 1.80. The van der Waals surface area contributed by atoms with Crippen LogP contribution in [0.4, 0.5) is 15.9 Å². The largest absolute Gasteiger partial charge is 0.508 e. The minimum Gasteiger partial charge on any atom is -0.508 e. The van der Waals surface area contributed by atoms with E-state index < -0.39 is 0 Å². The SMILES string of the molecule is Oc1ccc(C#Cc2ccc(N3CCC(Nc4ccccc4F)CC3)nn2)cc1. The third kappa shape index (κ3) is 4.82. The number of aromatic hydroxyl groups is 1. The van der Waals surface area contributed by atoms with Gasteiger partial charge in [-0.1, -0.05) is 18.1 Å². The minimum absolute atomic E-state index is 0.215. The Hall–Kier alpha value is -3.59. The summed E-state index contributed by atoms with van der Waals surface area (Å²) in [5.74, 6) is 6.81. The van der Waals surface area contributed by atoms with E-state index in [-0.39, 0.29) is 17.6 Å². The Balaban J connectivity index is 1.33. The molecule has 0 unspecified atom stereocenters. The van der Waals surface area contributed by atoms with Gasteiger partial charge in [0.05, 0.1) is 5.69 Å². The fourth-order valence-corrected chi connectivity index (χ4v) is 3.29. The smallest absolute Gasteiger partial charge is 0.151 e. The van der Waals surface area contributed by atoms with Crippen molar-refractivity contribution in [3.05, 3.63) is 77.7 Å². The van der Waals surface area contributed by atoms with E-state index in [0.717, 1.165) is 37.3 Å². The molecule has 0 atom stereocenters. The Morgan fingerprint density at radius 1 is 0.931 bits per heavy atom. The van der Waals surface area contributed by atoms with Gasteiger partial charge in [0.15, 0.2) is 5.82 Å². The lowest BCUT2D eigenvalue weighted by Crippen LogP contribution is -2.39. The third-order valence-corrected chi connectivity index (χ3v) is 4.91. The van der Waals surface area contributed by atoms with Crippen LogP contribution in [0, 0.1) is 17.7 Å². The zero-order chi connectivity index (χ0) is 20.1. The molecule has 4 rings (SSSR count). The molecule has 0 amide bonds. The minimum atomic E-state index is -0.218. The van der Waals surface area contributed by atoms with E-state index in [1.165, 1.54) is 6.07 Å². The molecule has 0 saturated carbocycles. The van der Waals surface area contributed by atoms with E-state index in [9.17, 15) is 9.50 Å². The highest BCUT2D eigenvalue weighted by atomic mass is 19.1. The molecule has 1 aromatic heterocycles. The molecule has 0 radical (unpaired) electrons. The Kier molecular flexibility index (Phi) is 5.57. The van der Waals surface area contributed by atoms with Crippen LogP contribution in [0.1, 0.15) is 24.1 Å². The lowest BCUT2D eigenvalue weighted by atomic mass is 10.0. The first-order valence-electron chi connectivity index (χ1n) is 9.58. The van der Waals surface area contributed by atoms with Crippen LogP contribution < -0.4 is 10.2 Å². The van der Waals surface area contributed by atoms with Crippen molar-refractivity contribution in [2.24, 2.45) is 0 Å². The summed E-state index contributed by atoms with van der Waals surface area (Å²) in [6.45, 7) is 1.67. The number of benzene rings is 2. The van der Waals surface area contributed by atoms with Crippen LogP contribution in [-0.4, -0.2) is 34.4 Å². The Morgan fingerprint density at radius 3 is 2.38 bits per heavy atom. The standard InChI is InChI=1S/C23H21FN4O/c24-21-3-1-2-4-22(21)25-18-13-15-28(16-14-18)23-12-9-19(26-27-23)8-5-17-6-10-20(29)11-7-17/h1-4,6-7,9-12,18,25,29H,13-16H2. The van der Waals surface area contributed by atoms with Crippen molar-refractivity contribution in [3.63, 3.8) is 0 Å². The number of phenols is 1. The molecule has 2 heterocycles. The van der Waals surface area contributed by atoms with Gasteiger partial charge in [-0.15, -0.1) is 10.2 Å². The first-order valence-corrected chi connectivity index (χ1v) is 9.58. The molecule has 3 aromatic rings. The maximum absolute atomic E-state index is 13.8. The van der Waals surface area contributed by atoms with Crippen LogP contribution >= 0.6 is 0 Å². The second-order valence-electron chi connectivity index (χ2n) is 6.96. The highest BCUT2D eigenvalue weighted by Crippen LogP contribution is 2.21. The van der Waals surface area contributed by atoms with Gasteiger partial charge in [0.1, 0.15) is 17.3 Å². The second-order valence-corrected chi connectivity index (χ2v) is 6.96. The average Bonchev–Trinajstić information content (AvgIpc) is 2.76. The number of nitrogens with one attached hydrogen (secondary N) is 1. The van der Waals surface area contributed by atoms with E-state index in [1.807, 2.05) is 18.2 Å². The molecule has 6 heteroatoms. The number of aromatic nitrogens is 2. The number of hydrogen-bond donors (Lipinski definition) is 2. The first-order chi connectivity index (χ1) is 14.2. The molecule has 1 fully saturated rings. The molecule has 146 valence electrons. The van der Waals surface area contributed by atoms with Crippen molar-refractivity contribution < 1.29 is 9.50 Å². The van der Waals surface area contributed by atoms with Gasteiger partial charge in [-0.05, 0) is 67.3 Å². The van der Waals surface area contributed by atoms with Gasteiger partial charge >= 0.3 is 0 Å². The van der Waals surface area contributed by atoms with E-state index in [1.54, 1.807) is 36.4 Å². The molecule has 1 saturated heterocycles. The summed E-state index contributed by atoms with van der Waals surface area (Å²) in [6, 6.07) is 17.5. The molecular weight excluding hydrogens is 367 g/mol. The summed E-state index contributed by atoms with van der Waals surface area (Å²) in [4.78, 5) is 2.18. The van der Waals surface area contributed by atoms with Gasteiger partial charge in [0.2, 0.25) is 0 Å². The predicted molar refractivity (Wildman–Crippen MR) is 111 cm³/mol. The second kappa shape index (κ2) is 8.61. The number of phenolic OH excluding ortho intramolecular Hbond substituents is 1. The summed E-state index contributed by atoms with van der Waals surface area (Å²) in [5, 5.41) is 21.1. The van der Waals surface area contributed by atoms with Crippen LogP contribution in [-0.2, 0) is 0 Å². The number of hydrogen-bond acceptors (Lipinski definition) is 5. The summed E-state index contributed by atoms with van der Waals surface area (Å²) < 4.78 is 13.8. The van der Waals surface area contributed by atoms with Crippen LogP contribution in [0.5, 0.6) is 5.75 Å². The van der Waals surface area contributed by atoms with Crippen molar-refractivity contribution in [3.8, 4) is 17.6 Å². The van der Waals surface area contributed by atoms with Crippen molar-refractivity contribution >= 4 is 11.5 Å². The molecule has 5 nitrogen and oxygen atoms in total.